The predicted octanol–water partition coefficient (Wildman–Crippen LogP) is 3.22. The number of aromatic nitrogens is 2. The van der Waals surface area contributed by atoms with Crippen LogP contribution in [0.5, 0.6) is 11.5 Å². The Balaban J connectivity index is 2.26. The highest BCUT2D eigenvalue weighted by Gasteiger charge is 2.16. The van der Waals surface area contributed by atoms with Crippen molar-refractivity contribution in [2.75, 3.05) is 19.5 Å². The maximum absolute atomic E-state index is 6.12. The van der Waals surface area contributed by atoms with E-state index in [0.29, 0.717) is 28.2 Å². The molecule has 0 bridgehead atoms. The monoisotopic (exact) mass is 297 g/mol. The van der Waals surface area contributed by atoms with Gasteiger partial charge in [0, 0.05) is 6.07 Å². The number of halogens is 1. The molecule has 0 amide bonds. The van der Waals surface area contributed by atoms with Crippen molar-refractivity contribution < 1.29 is 14.0 Å². The number of hydrogen-bond acceptors (Lipinski definition) is 6. The summed E-state index contributed by atoms with van der Waals surface area (Å²) in [6.07, 6.45) is 0. The van der Waals surface area contributed by atoms with Crippen molar-refractivity contribution in [1.82, 2.24) is 10.1 Å². The van der Waals surface area contributed by atoms with Gasteiger partial charge in [0.25, 0.3) is 0 Å². The predicted molar refractivity (Wildman–Crippen MR) is 75.6 cm³/mol. The molecule has 0 spiro atoms. The number of methoxy groups -OCH3 is 2. The van der Waals surface area contributed by atoms with Crippen LogP contribution in [0.2, 0.25) is 5.02 Å². The maximum atomic E-state index is 6.12. The summed E-state index contributed by atoms with van der Waals surface area (Å²) in [5, 5.41) is 7.48. The number of anilines is 1. The highest BCUT2D eigenvalue weighted by Crippen LogP contribution is 2.37. The van der Waals surface area contributed by atoms with Gasteiger partial charge in [0.15, 0.2) is 5.82 Å². The van der Waals surface area contributed by atoms with Crippen LogP contribution in [0, 0.1) is 6.92 Å². The average Bonchev–Trinajstić information content (AvgIpc) is 2.86. The SMILES string of the molecule is COc1cc(OC)c(N[C@H](C)c2nc(C)no2)cc1Cl. The Hall–Kier alpha value is -1.95. The average molecular weight is 298 g/mol. The molecule has 0 aliphatic carbocycles. The molecular weight excluding hydrogens is 282 g/mol. The van der Waals surface area contributed by atoms with Gasteiger partial charge in [-0.1, -0.05) is 16.8 Å². The van der Waals surface area contributed by atoms with Gasteiger partial charge in [0.05, 0.1) is 24.9 Å². The number of hydrogen-bond donors (Lipinski definition) is 1. The van der Waals surface area contributed by atoms with Crippen LogP contribution < -0.4 is 14.8 Å². The lowest BCUT2D eigenvalue weighted by molar-refractivity contribution is 0.363. The van der Waals surface area contributed by atoms with Crippen molar-refractivity contribution in [3.63, 3.8) is 0 Å². The van der Waals surface area contributed by atoms with Crippen LogP contribution in [0.15, 0.2) is 16.7 Å². The molecule has 20 heavy (non-hydrogen) atoms. The fourth-order valence-corrected chi connectivity index (χ4v) is 2.00. The summed E-state index contributed by atoms with van der Waals surface area (Å²) in [7, 11) is 3.13. The summed E-state index contributed by atoms with van der Waals surface area (Å²) < 4.78 is 15.6. The third-order valence-corrected chi connectivity index (χ3v) is 3.06. The molecule has 0 aliphatic heterocycles. The molecule has 0 unspecified atom stereocenters. The fraction of sp³-hybridized carbons (Fsp3) is 0.385. The standard InChI is InChI=1S/C13H16ClN3O3/c1-7(13-16-8(2)17-20-13)15-10-5-9(14)11(18-3)6-12(10)19-4/h5-7,15H,1-4H3/t7-/m1/s1. The first-order valence-corrected chi connectivity index (χ1v) is 6.41. The van der Waals surface area contributed by atoms with Crippen LogP contribution in [0.25, 0.3) is 0 Å². The van der Waals surface area contributed by atoms with Gasteiger partial charge in [0.1, 0.15) is 17.5 Å². The first-order chi connectivity index (χ1) is 9.55. The van der Waals surface area contributed by atoms with Crippen molar-refractivity contribution in [3.05, 3.63) is 28.9 Å². The number of nitrogens with zero attached hydrogens (tertiary/aromatic N) is 2. The molecule has 2 aromatic rings. The summed E-state index contributed by atoms with van der Waals surface area (Å²) in [6.45, 7) is 3.68. The van der Waals surface area contributed by atoms with Crippen molar-refractivity contribution >= 4 is 17.3 Å². The van der Waals surface area contributed by atoms with Gasteiger partial charge in [-0.2, -0.15) is 4.98 Å². The molecular formula is C13H16ClN3O3. The zero-order chi connectivity index (χ0) is 14.7. The number of nitrogens with one attached hydrogen (secondary N) is 1. The van der Waals surface area contributed by atoms with Crippen molar-refractivity contribution in [2.45, 2.75) is 19.9 Å². The normalized spacial score (nSPS) is 12.1. The van der Waals surface area contributed by atoms with Gasteiger partial charge in [0.2, 0.25) is 5.89 Å². The summed E-state index contributed by atoms with van der Waals surface area (Å²) in [5.74, 6) is 2.26. The molecule has 0 fully saturated rings. The van der Waals surface area contributed by atoms with Crippen molar-refractivity contribution in [2.24, 2.45) is 0 Å². The quantitative estimate of drug-likeness (QED) is 0.914. The molecule has 1 atom stereocenters. The minimum absolute atomic E-state index is 0.172. The first-order valence-electron chi connectivity index (χ1n) is 6.03. The topological polar surface area (TPSA) is 69.4 Å². The Morgan fingerprint density at radius 3 is 2.50 bits per heavy atom. The molecule has 7 heteroatoms. The van der Waals surface area contributed by atoms with Crippen LogP contribution in [0.4, 0.5) is 5.69 Å². The van der Waals surface area contributed by atoms with E-state index in [2.05, 4.69) is 15.5 Å². The second-order valence-electron chi connectivity index (χ2n) is 4.23. The Morgan fingerprint density at radius 1 is 1.25 bits per heavy atom. The lowest BCUT2D eigenvalue weighted by atomic mass is 10.2. The minimum Gasteiger partial charge on any atom is -0.495 e. The highest BCUT2D eigenvalue weighted by atomic mass is 35.5. The fourth-order valence-electron chi connectivity index (χ4n) is 1.76. The van der Waals surface area contributed by atoms with E-state index in [4.69, 9.17) is 25.6 Å². The Labute approximate surface area is 122 Å². The largest absolute Gasteiger partial charge is 0.495 e. The lowest BCUT2D eigenvalue weighted by Gasteiger charge is -2.16. The van der Waals surface area contributed by atoms with Gasteiger partial charge in [-0.15, -0.1) is 0 Å². The van der Waals surface area contributed by atoms with Crippen LogP contribution >= 0.6 is 11.6 Å². The van der Waals surface area contributed by atoms with E-state index >= 15 is 0 Å². The number of benzene rings is 1. The van der Waals surface area contributed by atoms with E-state index in [0.717, 1.165) is 5.69 Å². The van der Waals surface area contributed by atoms with E-state index in [1.807, 2.05) is 6.92 Å². The molecule has 1 aromatic carbocycles. The zero-order valence-electron chi connectivity index (χ0n) is 11.7. The third-order valence-electron chi connectivity index (χ3n) is 2.76. The van der Waals surface area contributed by atoms with E-state index in [1.165, 1.54) is 0 Å². The second-order valence-corrected chi connectivity index (χ2v) is 4.64. The molecule has 6 nitrogen and oxygen atoms in total. The van der Waals surface area contributed by atoms with Gasteiger partial charge in [-0.05, 0) is 19.9 Å². The molecule has 2 rings (SSSR count). The van der Waals surface area contributed by atoms with Gasteiger partial charge in [-0.3, -0.25) is 0 Å². The minimum atomic E-state index is -0.172. The Bertz CT molecular complexity index is 601. The Morgan fingerprint density at radius 2 is 1.95 bits per heavy atom. The molecule has 108 valence electrons. The molecule has 0 saturated heterocycles. The third kappa shape index (κ3) is 2.96. The van der Waals surface area contributed by atoms with E-state index in [9.17, 15) is 0 Å². The molecule has 1 aromatic heterocycles. The summed E-state index contributed by atoms with van der Waals surface area (Å²) in [4.78, 5) is 4.18. The molecule has 1 N–H and O–H groups in total. The molecule has 0 radical (unpaired) electrons. The summed E-state index contributed by atoms with van der Waals surface area (Å²) in [6, 6.07) is 3.28. The number of rotatable bonds is 5. The molecule has 0 aliphatic rings. The van der Waals surface area contributed by atoms with Gasteiger partial charge < -0.3 is 19.3 Å². The van der Waals surface area contributed by atoms with E-state index in [-0.39, 0.29) is 6.04 Å². The van der Waals surface area contributed by atoms with Crippen LogP contribution in [-0.2, 0) is 0 Å². The zero-order valence-corrected chi connectivity index (χ0v) is 12.5. The number of aryl methyl sites for hydroxylation is 1. The first kappa shape index (κ1) is 14.5. The Kier molecular flexibility index (Phi) is 4.34. The van der Waals surface area contributed by atoms with Crippen molar-refractivity contribution in [1.29, 1.82) is 0 Å². The van der Waals surface area contributed by atoms with Crippen LogP contribution in [-0.4, -0.2) is 24.4 Å². The van der Waals surface area contributed by atoms with Crippen LogP contribution in [0.1, 0.15) is 24.7 Å². The smallest absolute Gasteiger partial charge is 0.248 e. The molecule has 0 saturated carbocycles. The van der Waals surface area contributed by atoms with E-state index in [1.54, 1.807) is 33.3 Å². The van der Waals surface area contributed by atoms with Gasteiger partial charge in [-0.25, -0.2) is 0 Å². The summed E-state index contributed by atoms with van der Waals surface area (Å²) >= 11 is 6.12. The maximum Gasteiger partial charge on any atom is 0.248 e. The molecule has 1 heterocycles. The van der Waals surface area contributed by atoms with Crippen molar-refractivity contribution in [3.8, 4) is 11.5 Å². The second kappa shape index (κ2) is 6.00. The highest BCUT2D eigenvalue weighted by molar-refractivity contribution is 6.32. The lowest BCUT2D eigenvalue weighted by Crippen LogP contribution is -2.08. The van der Waals surface area contributed by atoms with Crippen LogP contribution in [0.3, 0.4) is 0 Å². The summed E-state index contributed by atoms with van der Waals surface area (Å²) in [5.41, 5.74) is 0.724. The van der Waals surface area contributed by atoms with Gasteiger partial charge >= 0.3 is 0 Å². The number of ether oxygens (including phenoxy) is 2. The van der Waals surface area contributed by atoms with E-state index < -0.39 is 0 Å².